The van der Waals surface area contributed by atoms with Crippen LogP contribution in [0.25, 0.3) is 0 Å². The lowest BCUT2D eigenvalue weighted by molar-refractivity contribution is 0.209. The Kier molecular flexibility index (Phi) is 2.74. The largest absolute Gasteiger partial charge is 0.488 e. The molecule has 0 amide bonds. The van der Waals surface area contributed by atoms with Crippen LogP contribution >= 0.6 is 0 Å². The van der Waals surface area contributed by atoms with Crippen molar-refractivity contribution in [2.75, 3.05) is 5.73 Å². The lowest BCUT2D eigenvalue weighted by Gasteiger charge is -2.13. The van der Waals surface area contributed by atoms with E-state index in [1.165, 1.54) is 18.2 Å². The van der Waals surface area contributed by atoms with Gasteiger partial charge in [-0.15, -0.1) is 0 Å². The van der Waals surface area contributed by atoms with Gasteiger partial charge in [-0.05, 0) is 18.2 Å². The number of nitrogen functional groups attached to an aromatic ring is 1. The summed E-state index contributed by atoms with van der Waals surface area (Å²) in [6.45, 7) is 0.570. The third-order valence-corrected chi connectivity index (χ3v) is 3.19. The van der Waals surface area contributed by atoms with E-state index in [0.717, 1.165) is 11.3 Å². The molecule has 0 saturated carbocycles. The number of nitrogens with zero attached hydrogens (tertiary/aromatic N) is 1. The molecule has 3 rings (SSSR count). The van der Waals surface area contributed by atoms with Crippen molar-refractivity contribution in [3.8, 4) is 5.75 Å². The van der Waals surface area contributed by atoms with Gasteiger partial charge in [-0.1, -0.05) is 0 Å². The molecule has 98 valence electrons. The van der Waals surface area contributed by atoms with Gasteiger partial charge in [0.15, 0.2) is 0 Å². The van der Waals surface area contributed by atoms with Gasteiger partial charge in [-0.25, -0.2) is 4.39 Å². The normalized spacial score (nSPS) is 17.0. The number of hydrogen-bond donors (Lipinski definition) is 1. The number of halogens is 1. The summed E-state index contributed by atoms with van der Waals surface area (Å²) in [5.74, 6) is 0.469. The fraction of sp³-hybridized carbons (Fsp3) is 0.214. The van der Waals surface area contributed by atoms with Crippen molar-refractivity contribution in [1.29, 1.82) is 0 Å². The van der Waals surface area contributed by atoms with Gasteiger partial charge in [0.25, 0.3) is 0 Å². The lowest BCUT2D eigenvalue weighted by Crippen LogP contribution is -2.22. The zero-order chi connectivity index (χ0) is 13.4. The van der Waals surface area contributed by atoms with E-state index in [4.69, 9.17) is 10.5 Å². The highest BCUT2D eigenvalue weighted by atomic mass is 19.1. The molecule has 1 aromatic heterocycles. The quantitative estimate of drug-likeness (QED) is 0.891. The molecule has 1 atom stereocenters. The molecule has 1 aliphatic rings. The van der Waals surface area contributed by atoms with Gasteiger partial charge in [-0.2, -0.15) is 0 Å². The van der Waals surface area contributed by atoms with Gasteiger partial charge in [0.05, 0.1) is 12.2 Å². The summed E-state index contributed by atoms with van der Waals surface area (Å²) in [5.41, 5.74) is 6.48. The fourth-order valence-corrected chi connectivity index (χ4v) is 2.28. The molecule has 5 heteroatoms. The van der Waals surface area contributed by atoms with Gasteiger partial charge < -0.3 is 15.0 Å². The van der Waals surface area contributed by atoms with Crippen molar-refractivity contribution in [1.82, 2.24) is 4.57 Å². The second kappa shape index (κ2) is 4.42. The van der Waals surface area contributed by atoms with Gasteiger partial charge >= 0.3 is 0 Å². The van der Waals surface area contributed by atoms with E-state index < -0.39 is 0 Å². The first-order chi connectivity index (χ1) is 9.11. The van der Waals surface area contributed by atoms with Crippen LogP contribution in [0.15, 0.2) is 41.5 Å². The second-order valence-electron chi connectivity index (χ2n) is 4.66. The minimum atomic E-state index is -0.254. The first-order valence-electron chi connectivity index (χ1n) is 6.02. The molecule has 0 saturated heterocycles. The number of benzene rings is 1. The predicted octanol–water partition coefficient (Wildman–Crippen LogP) is 1.57. The van der Waals surface area contributed by atoms with Gasteiger partial charge in [0, 0.05) is 30.4 Å². The van der Waals surface area contributed by atoms with Crippen LogP contribution in [-0.4, -0.2) is 10.7 Å². The van der Waals surface area contributed by atoms with E-state index in [1.54, 1.807) is 18.5 Å². The Morgan fingerprint density at radius 2 is 2.26 bits per heavy atom. The third kappa shape index (κ3) is 2.31. The molecule has 0 radical (unpaired) electrons. The summed E-state index contributed by atoms with van der Waals surface area (Å²) >= 11 is 0. The highest BCUT2D eigenvalue weighted by Crippen LogP contribution is 2.29. The molecule has 1 unspecified atom stereocenters. The molecule has 2 N–H and O–H groups in total. The number of anilines is 1. The maximum absolute atomic E-state index is 13.1. The molecule has 0 spiro atoms. The van der Waals surface area contributed by atoms with Crippen LogP contribution in [0.4, 0.5) is 10.1 Å². The Morgan fingerprint density at radius 3 is 3.05 bits per heavy atom. The van der Waals surface area contributed by atoms with Crippen LogP contribution in [0.3, 0.4) is 0 Å². The average Bonchev–Trinajstić information content (AvgIpc) is 2.75. The summed E-state index contributed by atoms with van der Waals surface area (Å²) in [6, 6.07) is 5.95. The molecule has 1 aliphatic heterocycles. The van der Waals surface area contributed by atoms with Crippen LogP contribution in [0.2, 0.25) is 0 Å². The molecule has 0 aliphatic carbocycles. The zero-order valence-corrected chi connectivity index (χ0v) is 10.2. The zero-order valence-electron chi connectivity index (χ0n) is 10.2. The molecule has 1 aromatic carbocycles. The monoisotopic (exact) mass is 260 g/mol. The Bertz CT molecular complexity index is 681. The average molecular weight is 260 g/mol. The maximum Gasteiger partial charge on any atom is 0.204 e. The van der Waals surface area contributed by atoms with Crippen LogP contribution < -0.4 is 15.9 Å². The Balaban J connectivity index is 1.76. The summed E-state index contributed by atoms with van der Waals surface area (Å²) in [7, 11) is 0. The van der Waals surface area contributed by atoms with E-state index in [1.807, 2.05) is 4.57 Å². The first-order valence-corrected chi connectivity index (χ1v) is 6.02. The SMILES string of the molecule is Nc1cn(CC2Cc3cc(F)ccc3O2)ccc1=O. The summed E-state index contributed by atoms with van der Waals surface area (Å²) < 4.78 is 20.6. The lowest BCUT2D eigenvalue weighted by atomic mass is 10.1. The summed E-state index contributed by atoms with van der Waals surface area (Å²) in [4.78, 5) is 11.2. The van der Waals surface area contributed by atoms with Crippen molar-refractivity contribution in [2.45, 2.75) is 19.1 Å². The van der Waals surface area contributed by atoms with Crippen LogP contribution in [-0.2, 0) is 13.0 Å². The molecule has 0 fully saturated rings. The molecule has 2 heterocycles. The minimum absolute atomic E-state index is 0.0706. The van der Waals surface area contributed by atoms with Crippen LogP contribution in [0.1, 0.15) is 5.56 Å². The number of rotatable bonds is 2. The molecule has 2 aromatic rings. The minimum Gasteiger partial charge on any atom is -0.488 e. The number of aromatic nitrogens is 1. The second-order valence-corrected chi connectivity index (χ2v) is 4.66. The summed E-state index contributed by atoms with van der Waals surface area (Å²) in [6.07, 6.45) is 3.85. The highest BCUT2D eigenvalue weighted by Gasteiger charge is 2.23. The Hall–Kier alpha value is -2.30. The molecular weight excluding hydrogens is 247 g/mol. The van der Waals surface area contributed by atoms with Crippen molar-refractivity contribution >= 4 is 5.69 Å². The fourth-order valence-electron chi connectivity index (χ4n) is 2.28. The molecule has 19 heavy (non-hydrogen) atoms. The molecule has 0 bridgehead atoms. The van der Waals surface area contributed by atoms with Crippen molar-refractivity contribution in [3.05, 3.63) is 58.3 Å². The van der Waals surface area contributed by atoms with E-state index >= 15 is 0 Å². The predicted molar refractivity (Wildman–Crippen MR) is 69.6 cm³/mol. The van der Waals surface area contributed by atoms with Crippen molar-refractivity contribution in [2.24, 2.45) is 0 Å². The van der Waals surface area contributed by atoms with Crippen molar-refractivity contribution < 1.29 is 9.13 Å². The standard InChI is InChI=1S/C14H13FN2O2/c15-10-1-2-14-9(5-10)6-11(19-14)7-17-4-3-13(18)12(16)8-17/h1-5,8,11H,6-7,16H2. The van der Waals surface area contributed by atoms with E-state index in [-0.39, 0.29) is 23.0 Å². The Morgan fingerprint density at radius 1 is 1.42 bits per heavy atom. The van der Waals surface area contributed by atoms with E-state index in [9.17, 15) is 9.18 Å². The van der Waals surface area contributed by atoms with Gasteiger partial charge in [0.1, 0.15) is 17.7 Å². The smallest absolute Gasteiger partial charge is 0.204 e. The number of pyridine rings is 1. The van der Waals surface area contributed by atoms with Crippen LogP contribution in [0.5, 0.6) is 5.75 Å². The first kappa shape index (κ1) is 11.8. The van der Waals surface area contributed by atoms with E-state index in [0.29, 0.717) is 13.0 Å². The number of ether oxygens (including phenoxy) is 1. The number of hydrogen-bond acceptors (Lipinski definition) is 3. The van der Waals surface area contributed by atoms with Crippen molar-refractivity contribution in [3.63, 3.8) is 0 Å². The number of fused-ring (bicyclic) bond motifs is 1. The highest BCUT2D eigenvalue weighted by molar-refractivity contribution is 5.38. The maximum atomic E-state index is 13.1. The topological polar surface area (TPSA) is 57.2 Å². The molecular formula is C14H13FN2O2. The van der Waals surface area contributed by atoms with Gasteiger partial charge in [0.2, 0.25) is 5.43 Å². The number of nitrogens with two attached hydrogens (primary N) is 1. The summed E-state index contributed by atoms with van der Waals surface area (Å²) in [5, 5.41) is 0. The van der Waals surface area contributed by atoms with Gasteiger partial charge in [-0.3, -0.25) is 4.79 Å². The van der Waals surface area contributed by atoms with Crippen LogP contribution in [0, 0.1) is 5.82 Å². The Labute approximate surface area is 109 Å². The third-order valence-electron chi connectivity index (χ3n) is 3.19. The van der Waals surface area contributed by atoms with E-state index in [2.05, 4.69) is 0 Å². The molecule has 4 nitrogen and oxygen atoms in total.